The van der Waals surface area contributed by atoms with Crippen molar-refractivity contribution in [3.63, 3.8) is 0 Å². The van der Waals surface area contributed by atoms with Gasteiger partial charge in [0.1, 0.15) is 5.76 Å². The Morgan fingerprint density at radius 3 is 2.18 bits per heavy atom. The predicted molar refractivity (Wildman–Crippen MR) is 134 cm³/mol. The van der Waals surface area contributed by atoms with E-state index in [1.807, 2.05) is 77.9 Å². The fourth-order valence-electron chi connectivity index (χ4n) is 4.24. The van der Waals surface area contributed by atoms with Crippen molar-refractivity contribution in [2.24, 2.45) is 0 Å². The van der Waals surface area contributed by atoms with Crippen LogP contribution >= 0.6 is 11.8 Å². The number of carbonyl (C=O) groups excluding carboxylic acids is 1. The van der Waals surface area contributed by atoms with E-state index in [-0.39, 0.29) is 11.2 Å². The van der Waals surface area contributed by atoms with Gasteiger partial charge in [-0.25, -0.2) is 0 Å². The van der Waals surface area contributed by atoms with Crippen molar-refractivity contribution in [3.8, 4) is 17.1 Å². The maximum atomic E-state index is 13.3. The van der Waals surface area contributed by atoms with Gasteiger partial charge >= 0.3 is 0 Å². The number of hydrogen-bond acceptors (Lipinski definition) is 6. The number of anilines is 1. The molecule has 5 rings (SSSR count). The highest BCUT2D eigenvalue weighted by molar-refractivity contribution is 8.00. The minimum Gasteiger partial charge on any atom is -0.469 e. The van der Waals surface area contributed by atoms with Crippen LogP contribution in [0.5, 0.6) is 0 Å². The van der Waals surface area contributed by atoms with Gasteiger partial charge in [-0.1, -0.05) is 48.2 Å². The minimum atomic E-state index is -0.284. The largest absolute Gasteiger partial charge is 0.469 e. The molecule has 0 radical (unpaired) electrons. The van der Waals surface area contributed by atoms with Crippen LogP contribution in [0.25, 0.3) is 17.1 Å². The standard InChI is InChI=1S/C26H27N5O2S/c1-19-23(13-18-33-19)24-27-28-26(31(24)22-11-7-4-8-12-22)34-20(2)25(32)30-16-14-29(15-17-30)21-9-5-3-6-10-21/h3-13,18,20H,14-17H2,1-2H3/t20-/m0/s1. The Labute approximate surface area is 203 Å². The molecule has 1 amide bonds. The summed E-state index contributed by atoms with van der Waals surface area (Å²) < 4.78 is 7.51. The number of rotatable bonds is 6. The SMILES string of the molecule is Cc1occc1-c1nnc(S[C@@H](C)C(=O)N2CCN(c3ccccc3)CC2)n1-c1ccccc1. The van der Waals surface area contributed by atoms with E-state index < -0.39 is 0 Å². The lowest BCUT2D eigenvalue weighted by Gasteiger charge is -2.37. The summed E-state index contributed by atoms with van der Waals surface area (Å²) in [6.45, 7) is 6.94. The average molecular weight is 474 g/mol. The molecule has 1 fully saturated rings. The number of hydrogen-bond donors (Lipinski definition) is 0. The summed E-state index contributed by atoms with van der Waals surface area (Å²) in [7, 11) is 0. The quantitative estimate of drug-likeness (QED) is 0.379. The Hall–Kier alpha value is -3.52. The van der Waals surface area contributed by atoms with E-state index in [4.69, 9.17) is 4.42 Å². The summed E-state index contributed by atoms with van der Waals surface area (Å²) in [5, 5.41) is 9.33. The second kappa shape index (κ2) is 9.77. The summed E-state index contributed by atoms with van der Waals surface area (Å²) in [5.74, 6) is 1.61. The van der Waals surface area contributed by atoms with Crippen LogP contribution in [0.15, 0.2) is 82.6 Å². The van der Waals surface area contributed by atoms with E-state index in [9.17, 15) is 4.79 Å². The van der Waals surface area contributed by atoms with Gasteiger partial charge in [0.25, 0.3) is 0 Å². The number of carbonyl (C=O) groups is 1. The Balaban J connectivity index is 1.33. The number of benzene rings is 2. The average Bonchev–Trinajstić information content (AvgIpc) is 3.50. The second-order valence-electron chi connectivity index (χ2n) is 8.28. The van der Waals surface area contributed by atoms with E-state index >= 15 is 0 Å². The summed E-state index contributed by atoms with van der Waals surface area (Å²) in [4.78, 5) is 17.6. The first kappa shape index (κ1) is 22.3. The molecule has 7 nitrogen and oxygen atoms in total. The maximum absolute atomic E-state index is 13.3. The third-order valence-corrected chi connectivity index (χ3v) is 7.12. The first-order valence-electron chi connectivity index (χ1n) is 11.4. The smallest absolute Gasteiger partial charge is 0.236 e. The van der Waals surface area contributed by atoms with Gasteiger partial charge in [0.2, 0.25) is 5.91 Å². The molecule has 34 heavy (non-hydrogen) atoms. The molecule has 2 aromatic heterocycles. The van der Waals surface area contributed by atoms with Crippen molar-refractivity contribution in [1.29, 1.82) is 0 Å². The molecule has 174 valence electrons. The van der Waals surface area contributed by atoms with Crippen LogP contribution in [0.2, 0.25) is 0 Å². The van der Waals surface area contributed by atoms with E-state index in [1.54, 1.807) is 6.26 Å². The molecular weight excluding hydrogens is 446 g/mol. The molecule has 2 aromatic carbocycles. The first-order valence-corrected chi connectivity index (χ1v) is 12.3. The Bertz CT molecular complexity index is 1250. The molecule has 0 N–H and O–H groups in total. The van der Waals surface area contributed by atoms with Gasteiger partial charge in [-0.3, -0.25) is 9.36 Å². The Morgan fingerprint density at radius 1 is 0.912 bits per heavy atom. The molecule has 1 aliphatic rings. The van der Waals surface area contributed by atoms with Crippen molar-refractivity contribution in [2.45, 2.75) is 24.3 Å². The molecular formula is C26H27N5O2S. The van der Waals surface area contributed by atoms with Crippen molar-refractivity contribution in [2.75, 3.05) is 31.1 Å². The lowest BCUT2D eigenvalue weighted by molar-refractivity contribution is -0.130. The Kier molecular flexibility index (Phi) is 6.40. The van der Waals surface area contributed by atoms with Crippen LogP contribution in [-0.2, 0) is 4.79 Å². The number of para-hydroxylation sites is 2. The van der Waals surface area contributed by atoms with Gasteiger partial charge < -0.3 is 14.2 Å². The van der Waals surface area contributed by atoms with E-state index in [1.165, 1.54) is 17.4 Å². The molecule has 8 heteroatoms. The number of nitrogens with zero attached hydrogens (tertiary/aromatic N) is 5. The summed E-state index contributed by atoms with van der Waals surface area (Å²) in [6, 6.07) is 22.2. The highest BCUT2D eigenvalue weighted by Crippen LogP contribution is 2.32. The van der Waals surface area contributed by atoms with Crippen LogP contribution in [0.1, 0.15) is 12.7 Å². The summed E-state index contributed by atoms with van der Waals surface area (Å²) in [6.07, 6.45) is 1.66. The molecule has 1 aliphatic heterocycles. The number of thioether (sulfide) groups is 1. The fraction of sp³-hybridized carbons (Fsp3) is 0.269. The van der Waals surface area contributed by atoms with Crippen molar-refractivity contribution in [1.82, 2.24) is 19.7 Å². The van der Waals surface area contributed by atoms with Crippen LogP contribution in [0, 0.1) is 6.92 Å². The monoisotopic (exact) mass is 473 g/mol. The topological polar surface area (TPSA) is 67.4 Å². The van der Waals surface area contributed by atoms with Crippen LogP contribution in [-0.4, -0.2) is 57.0 Å². The summed E-state index contributed by atoms with van der Waals surface area (Å²) >= 11 is 1.44. The molecule has 0 bridgehead atoms. The van der Waals surface area contributed by atoms with E-state index in [0.717, 1.165) is 30.1 Å². The molecule has 1 atom stereocenters. The number of aryl methyl sites for hydroxylation is 1. The molecule has 0 saturated carbocycles. The zero-order valence-electron chi connectivity index (χ0n) is 19.3. The number of amides is 1. The predicted octanol–water partition coefficient (Wildman–Crippen LogP) is 4.67. The van der Waals surface area contributed by atoms with Gasteiger partial charge in [0.15, 0.2) is 11.0 Å². The molecule has 0 aliphatic carbocycles. The molecule has 1 saturated heterocycles. The third-order valence-electron chi connectivity index (χ3n) is 6.09. The van der Waals surface area contributed by atoms with E-state index in [0.29, 0.717) is 24.1 Å². The Morgan fingerprint density at radius 2 is 1.56 bits per heavy atom. The number of furan rings is 1. The van der Waals surface area contributed by atoms with Gasteiger partial charge in [-0.2, -0.15) is 0 Å². The number of aromatic nitrogens is 3. The highest BCUT2D eigenvalue weighted by atomic mass is 32.2. The highest BCUT2D eigenvalue weighted by Gasteiger charge is 2.28. The molecule has 3 heterocycles. The van der Waals surface area contributed by atoms with Crippen molar-refractivity contribution < 1.29 is 9.21 Å². The third kappa shape index (κ3) is 4.46. The zero-order valence-corrected chi connectivity index (χ0v) is 20.1. The van der Waals surface area contributed by atoms with Crippen LogP contribution in [0.4, 0.5) is 5.69 Å². The van der Waals surface area contributed by atoms with Crippen LogP contribution < -0.4 is 4.90 Å². The lowest BCUT2D eigenvalue weighted by Crippen LogP contribution is -2.50. The van der Waals surface area contributed by atoms with Crippen molar-refractivity contribution >= 4 is 23.4 Å². The van der Waals surface area contributed by atoms with Gasteiger partial charge in [0.05, 0.1) is 17.1 Å². The normalized spacial score (nSPS) is 14.9. The van der Waals surface area contributed by atoms with Gasteiger partial charge in [0, 0.05) is 37.6 Å². The van der Waals surface area contributed by atoms with Crippen LogP contribution in [0.3, 0.4) is 0 Å². The van der Waals surface area contributed by atoms with Crippen molar-refractivity contribution in [3.05, 3.63) is 78.8 Å². The second-order valence-corrected chi connectivity index (χ2v) is 9.58. The molecule has 0 spiro atoms. The first-order chi connectivity index (χ1) is 16.6. The fourth-order valence-corrected chi connectivity index (χ4v) is 5.19. The zero-order chi connectivity index (χ0) is 23.5. The van der Waals surface area contributed by atoms with E-state index in [2.05, 4.69) is 27.2 Å². The van der Waals surface area contributed by atoms with Gasteiger partial charge in [-0.15, -0.1) is 10.2 Å². The van der Waals surface area contributed by atoms with Gasteiger partial charge in [-0.05, 0) is 44.2 Å². The lowest BCUT2D eigenvalue weighted by atomic mass is 10.2. The molecule has 4 aromatic rings. The number of piperazine rings is 1. The minimum absolute atomic E-state index is 0.126. The summed E-state index contributed by atoms with van der Waals surface area (Å²) in [5.41, 5.74) is 3.04. The molecule has 0 unspecified atom stereocenters. The maximum Gasteiger partial charge on any atom is 0.236 e.